The lowest BCUT2D eigenvalue weighted by atomic mass is 10.1. The average molecular weight is 609 g/mol. The minimum atomic E-state index is -5.09. The molecule has 0 aliphatic carbocycles. The molecule has 0 radical (unpaired) electrons. The molecular formula is C30H27F3N6O5. The first-order valence-electron chi connectivity index (χ1n) is 13.6. The minimum Gasteiger partial charge on any atom is -0.488 e. The Morgan fingerprint density at radius 1 is 1.05 bits per heavy atom. The van der Waals surface area contributed by atoms with Gasteiger partial charge in [-0.25, -0.2) is 14.3 Å². The van der Waals surface area contributed by atoms with Crippen LogP contribution in [-0.2, 0) is 19.1 Å². The molecule has 1 saturated heterocycles. The predicted octanol–water partition coefficient (Wildman–Crippen LogP) is 3.79. The zero-order valence-corrected chi connectivity index (χ0v) is 23.5. The van der Waals surface area contributed by atoms with Crippen molar-refractivity contribution in [2.45, 2.75) is 12.3 Å². The lowest BCUT2D eigenvalue weighted by Gasteiger charge is -2.36. The normalized spacial score (nSPS) is 14.2. The minimum absolute atomic E-state index is 0.0969. The first-order chi connectivity index (χ1) is 21.2. The first kappa shape index (κ1) is 30.3. The van der Waals surface area contributed by atoms with Gasteiger partial charge in [0.15, 0.2) is 6.10 Å². The van der Waals surface area contributed by atoms with E-state index in [0.717, 1.165) is 5.56 Å². The lowest BCUT2D eigenvalue weighted by Crippen LogP contribution is -2.50. The summed E-state index contributed by atoms with van der Waals surface area (Å²) < 4.78 is 53.7. The van der Waals surface area contributed by atoms with Crippen molar-refractivity contribution < 1.29 is 37.0 Å². The summed E-state index contributed by atoms with van der Waals surface area (Å²) in [7, 11) is 1.52. The largest absolute Gasteiger partial charge is 0.490 e. The van der Waals surface area contributed by atoms with E-state index in [1.165, 1.54) is 24.0 Å². The number of carbonyl (C=O) groups is 2. The summed E-state index contributed by atoms with van der Waals surface area (Å²) >= 11 is 0. The molecule has 1 atom stereocenters. The van der Waals surface area contributed by atoms with Crippen molar-refractivity contribution in [2.24, 2.45) is 0 Å². The van der Waals surface area contributed by atoms with Crippen LogP contribution in [0.25, 0.3) is 16.6 Å². The Kier molecular flexibility index (Phi) is 8.96. The summed E-state index contributed by atoms with van der Waals surface area (Å²) in [5.74, 6) is -1.46. The Balaban J connectivity index is 1.27. The van der Waals surface area contributed by atoms with E-state index >= 15 is 0 Å². The maximum atomic E-state index is 13.2. The fourth-order valence-electron chi connectivity index (χ4n) is 4.92. The zero-order valence-electron chi connectivity index (χ0n) is 23.5. The van der Waals surface area contributed by atoms with Crippen LogP contribution in [0.5, 0.6) is 5.75 Å². The summed E-state index contributed by atoms with van der Waals surface area (Å²) in [5, 5.41) is 13.8. The number of pyridine rings is 2. The Bertz CT molecular complexity index is 1660. The van der Waals surface area contributed by atoms with Gasteiger partial charge < -0.3 is 24.0 Å². The van der Waals surface area contributed by atoms with E-state index in [2.05, 4.69) is 25.8 Å². The molecule has 1 aliphatic rings. The van der Waals surface area contributed by atoms with Gasteiger partial charge in [0.2, 0.25) is 0 Å². The molecule has 0 N–H and O–H groups in total. The number of methoxy groups -OCH3 is 1. The van der Waals surface area contributed by atoms with Crippen LogP contribution in [0.2, 0.25) is 0 Å². The van der Waals surface area contributed by atoms with E-state index in [-0.39, 0.29) is 18.3 Å². The van der Waals surface area contributed by atoms with Gasteiger partial charge in [0, 0.05) is 50.6 Å². The number of fused-ring (bicyclic) bond motifs is 1. The van der Waals surface area contributed by atoms with Crippen LogP contribution in [-0.4, -0.2) is 84.1 Å². The van der Waals surface area contributed by atoms with Crippen molar-refractivity contribution in [1.82, 2.24) is 19.5 Å². The third-order valence-corrected chi connectivity index (χ3v) is 7.06. The van der Waals surface area contributed by atoms with E-state index in [1.807, 2.05) is 42.5 Å². The van der Waals surface area contributed by atoms with E-state index in [1.54, 1.807) is 17.2 Å². The number of ether oxygens (including phenoxy) is 3. The second kappa shape index (κ2) is 13.0. The number of hydrogen-bond acceptors (Lipinski definition) is 9. The number of amides is 1. The molecule has 1 aromatic carbocycles. The lowest BCUT2D eigenvalue weighted by molar-refractivity contribution is -0.200. The molecular weight excluding hydrogens is 581 g/mol. The van der Waals surface area contributed by atoms with Gasteiger partial charge in [-0.1, -0.05) is 30.3 Å². The summed E-state index contributed by atoms with van der Waals surface area (Å²) in [6, 6.07) is 16.7. The molecule has 14 heteroatoms. The molecule has 5 rings (SSSR count). The second-order valence-electron chi connectivity index (χ2n) is 9.78. The third-order valence-electron chi connectivity index (χ3n) is 7.06. The number of halogens is 3. The fourth-order valence-corrected chi connectivity index (χ4v) is 4.92. The van der Waals surface area contributed by atoms with Crippen LogP contribution in [0.15, 0.2) is 67.1 Å². The van der Waals surface area contributed by atoms with Crippen molar-refractivity contribution >= 4 is 23.2 Å². The molecule has 0 saturated carbocycles. The summed E-state index contributed by atoms with van der Waals surface area (Å²) in [5.41, 5.74) is 2.80. The third kappa shape index (κ3) is 6.57. The molecule has 0 spiro atoms. The molecule has 11 nitrogen and oxygen atoms in total. The Morgan fingerprint density at radius 2 is 1.80 bits per heavy atom. The van der Waals surface area contributed by atoms with Gasteiger partial charge in [-0.15, -0.1) is 0 Å². The van der Waals surface area contributed by atoms with Crippen LogP contribution in [0.3, 0.4) is 0 Å². The van der Waals surface area contributed by atoms with Gasteiger partial charge >= 0.3 is 12.1 Å². The standard InChI is InChI=1S/C30H27F3N6O5/c1-42-27(20-5-3-2-4-6-20)28(40)38-11-9-37(10-12-38)25-8-7-21(17-35-25)24-15-23(19-39-26(24)22(16-34)18-36-39)43-13-14-44-29(41)30(31,32)33/h2-8,15,17-19,27H,9-14H2,1H3/t27-/m0/s1. The Hall–Kier alpha value is -5.16. The molecule has 4 aromatic rings. The number of esters is 1. The number of benzene rings is 1. The number of piperazine rings is 1. The van der Waals surface area contributed by atoms with Crippen molar-refractivity contribution in [3.8, 4) is 22.9 Å². The fraction of sp³-hybridized carbons (Fsp3) is 0.300. The van der Waals surface area contributed by atoms with E-state index in [0.29, 0.717) is 54.2 Å². The maximum Gasteiger partial charge on any atom is 0.490 e. The van der Waals surface area contributed by atoms with Crippen molar-refractivity contribution in [3.63, 3.8) is 0 Å². The second-order valence-corrected chi connectivity index (χ2v) is 9.78. The molecule has 1 fully saturated rings. The molecule has 1 amide bonds. The highest BCUT2D eigenvalue weighted by Crippen LogP contribution is 2.31. The highest BCUT2D eigenvalue weighted by Gasteiger charge is 2.40. The summed E-state index contributed by atoms with van der Waals surface area (Å²) in [6.07, 6.45) is -1.26. The van der Waals surface area contributed by atoms with Crippen molar-refractivity contribution in [2.75, 3.05) is 51.4 Å². The number of aromatic nitrogens is 3. The first-order valence-corrected chi connectivity index (χ1v) is 13.6. The molecule has 0 unspecified atom stereocenters. The quantitative estimate of drug-likeness (QED) is 0.206. The average Bonchev–Trinajstić information content (AvgIpc) is 3.46. The van der Waals surface area contributed by atoms with E-state index in [4.69, 9.17) is 9.47 Å². The Labute approximate surface area is 250 Å². The van der Waals surface area contributed by atoms with Gasteiger partial charge in [-0.3, -0.25) is 4.79 Å². The Morgan fingerprint density at radius 3 is 2.43 bits per heavy atom. The van der Waals surface area contributed by atoms with Crippen LogP contribution >= 0.6 is 0 Å². The number of nitriles is 1. The molecule has 3 aromatic heterocycles. The van der Waals surface area contributed by atoms with E-state index in [9.17, 15) is 28.0 Å². The number of rotatable bonds is 9. The molecule has 4 heterocycles. The topological polar surface area (TPSA) is 122 Å². The maximum absolute atomic E-state index is 13.2. The zero-order chi connectivity index (χ0) is 31.3. The van der Waals surface area contributed by atoms with E-state index < -0.39 is 24.9 Å². The van der Waals surface area contributed by atoms with Gasteiger partial charge in [-0.2, -0.15) is 23.5 Å². The number of hydrogen-bond donors (Lipinski definition) is 0. The number of anilines is 1. The number of nitrogens with zero attached hydrogens (tertiary/aromatic N) is 6. The highest BCUT2D eigenvalue weighted by atomic mass is 19.4. The molecule has 44 heavy (non-hydrogen) atoms. The molecule has 0 bridgehead atoms. The smallest absolute Gasteiger partial charge is 0.488 e. The van der Waals surface area contributed by atoms with Crippen LogP contribution in [0.4, 0.5) is 19.0 Å². The summed E-state index contributed by atoms with van der Waals surface area (Å²) in [4.78, 5) is 32.5. The number of alkyl halides is 3. The summed E-state index contributed by atoms with van der Waals surface area (Å²) in [6.45, 7) is 1.18. The molecule has 1 aliphatic heterocycles. The van der Waals surface area contributed by atoms with Gasteiger partial charge in [-0.05, 0) is 23.8 Å². The predicted molar refractivity (Wildman–Crippen MR) is 151 cm³/mol. The van der Waals surface area contributed by atoms with Crippen LogP contribution in [0.1, 0.15) is 17.2 Å². The van der Waals surface area contributed by atoms with Crippen molar-refractivity contribution in [3.05, 3.63) is 78.2 Å². The molecule has 228 valence electrons. The monoisotopic (exact) mass is 608 g/mol. The number of carbonyl (C=O) groups excluding carboxylic acids is 2. The SMILES string of the molecule is CO[C@H](C(=O)N1CCN(c2ccc(-c3cc(OCCOC(=O)C(F)(F)F)cn4ncc(C#N)c34)cn2)CC1)c1ccccc1. The van der Waals surface area contributed by atoms with Gasteiger partial charge in [0.25, 0.3) is 5.91 Å². The van der Waals surface area contributed by atoms with Crippen LogP contribution in [0, 0.1) is 11.3 Å². The van der Waals surface area contributed by atoms with Gasteiger partial charge in [0.1, 0.15) is 30.9 Å². The van der Waals surface area contributed by atoms with Gasteiger partial charge in [0.05, 0.1) is 23.5 Å². The highest BCUT2D eigenvalue weighted by molar-refractivity contribution is 5.85. The van der Waals surface area contributed by atoms with Crippen LogP contribution < -0.4 is 9.64 Å². The van der Waals surface area contributed by atoms with Crippen molar-refractivity contribution in [1.29, 1.82) is 5.26 Å².